The highest BCUT2D eigenvalue weighted by molar-refractivity contribution is 7.19. The Labute approximate surface area is 233 Å². The summed E-state index contributed by atoms with van der Waals surface area (Å²) < 4.78 is 12.9. The molecule has 2 fully saturated rings. The topological polar surface area (TPSA) is 72.2 Å². The zero-order valence-electron chi connectivity index (χ0n) is 22.7. The van der Waals surface area contributed by atoms with Crippen molar-refractivity contribution in [1.29, 1.82) is 0 Å². The van der Waals surface area contributed by atoms with Gasteiger partial charge in [-0.15, -0.1) is 0 Å². The Kier molecular flexibility index (Phi) is 7.38. The second kappa shape index (κ2) is 11.1. The van der Waals surface area contributed by atoms with Crippen LogP contribution in [0.25, 0.3) is 26.8 Å². The van der Waals surface area contributed by atoms with Gasteiger partial charge in [0.15, 0.2) is 0 Å². The molecule has 2 saturated heterocycles. The minimum Gasteiger partial charge on any atom is -0.462 e. The molecule has 2 aliphatic heterocycles. The number of piperidine rings is 1. The molecule has 2 aromatic heterocycles. The third-order valence-electron chi connectivity index (χ3n) is 7.69. The van der Waals surface area contributed by atoms with Crippen LogP contribution in [0.2, 0.25) is 0 Å². The highest BCUT2D eigenvalue weighted by Gasteiger charge is 2.30. The lowest BCUT2D eigenvalue weighted by Gasteiger charge is -2.44. The van der Waals surface area contributed by atoms with Gasteiger partial charge in [-0.2, -0.15) is 5.10 Å². The SMILES string of the molecule is CCOC(=O)c1ccc(-c2cnc3sc(-c4ccc(N5CCC(N6CC(C)OC(C)C6)CC5)cc4)nn23)cc1. The first-order valence-corrected chi connectivity index (χ1v) is 14.7. The maximum Gasteiger partial charge on any atom is 0.338 e. The summed E-state index contributed by atoms with van der Waals surface area (Å²) in [5.74, 6) is -0.312. The van der Waals surface area contributed by atoms with Gasteiger partial charge in [0, 0.05) is 49.0 Å². The maximum absolute atomic E-state index is 12.0. The van der Waals surface area contributed by atoms with Crippen molar-refractivity contribution >= 4 is 28.0 Å². The van der Waals surface area contributed by atoms with Gasteiger partial charge in [-0.3, -0.25) is 4.90 Å². The quantitative estimate of drug-likeness (QED) is 0.301. The molecule has 2 unspecified atom stereocenters. The summed E-state index contributed by atoms with van der Waals surface area (Å²) >= 11 is 1.58. The highest BCUT2D eigenvalue weighted by atomic mass is 32.1. The summed E-state index contributed by atoms with van der Waals surface area (Å²) in [6, 6.07) is 16.8. The third kappa shape index (κ3) is 5.44. The van der Waals surface area contributed by atoms with E-state index < -0.39 is 0 Å². The Balaban J connectivity index is 1.12. The van der Waals surface area contributed by atoms with Crippen LogP contribution in [0.15, 0.2) is 54.7 Å². The molecule has 6 rings (SSSR count). The molecule has 0 aliphatic carbocycles. The second-order valence-electron chi connectivity index (χ2n) is 10.5. The molecule has 2 aliphatic rings. The summed E-state index contributed by atoms with van der Waals surface area (Å²) in [5.41, 5.74) is 4.74. The van der Waals surface area contributed by atoms with E-state index in [0.717, 1.165) is 53.0 Å². The number of fused-ring (bicyclic) bond motifs is 1. The highest BCUT2D eigenvalue weighted by Crippen LogP contribution is 2.32. The van der Waals surface area contributed by atoms with E-state index in [4.69, 9.17) is 14.6 Å². The van der Waals surface area contributed by atoms with Crippen molar-refractivity contribution < 1.29 is 14.3 Å². The number of benzene rings is 2. The fourth-order valence-electron chi connectivity index (χ4n) is 5.82. The molecule has 9 heteroatoms. The lowest BCUT2D eigenvalue weighted by Crippen LogP contribution is -2.53. The van der Waals surface area contributed by atoms with E-state index >= 15 is 0 Å². The number of ether oxygens (including phenoxy) is 2. The van der Waals surface area contributed by atoms with Gasteiger partial charge in [0.2, 0.25) is 4.96 Å². The van der Waals surface area contributed by atoms with Gasteiger partial charge in [0.25, 0.3) is 0 Å². The van der Waals surface area contributed by atoms with Crippen LogP contribution in [0.1, 0.15) is 44.0 Å². The van der Waals surface area contributed by atoms with Crippen LogP contribution in [0.3, 0.4) is 0 Å². The molecule has 204 valence electrons. The Morgan fingerprint density at radius 2 is 1.67 bits per heavy atom. The van der Waals surface area contributed by atoms with Crippen molar-refractivity contribution in [3.05, 3.63) is 60.3 Å². The normalized spacial score (nSPS) is 20.9. The molecule has 2 atom stereocenters. The molecule has 39 heavy (non-hydrogen) atoms. The number of rotatable bonds is 6. The van der Waals surface area contributed by atoms with Crippen molar-refractivity contribution in [2.24, 2.45) is 0 Å². The summed E-state index contributed by atoms with van der Waals surface area (Å²) in [6.45, 7) is 10.8. The number of aromatic nitrogens is 3. The van der Waals surface area contributed by atoms with Crippen molar-refractivity contribution in [1.82, 2.24) is 19.5 Å². The minimum atomic E-state index is -0.312. The molecular formula is C30H35N5O3S. The van der Waals surface area contributed by atoms with Gasteiger partial charge < -0.3 is 14.4 Å². The maximum atomic E-state index is 12.0. The molecule has 0 N–H and O–H groups in total. The number of imidazole rings is 1. The Morgan fingerprint density at radius 1 is 1.00 bits per heavy atom. The fraction of sp³-hybridized carbons (Fsp3) is 0.433. The smallest absolute Gasteiger partial charge is 0.338 e. The molecule has 0 radical (unpaired) electrons. The first-order chi connectivity index (χ1) is 19.0. The van der Waals surface area contributed by atoms with E-state index in [-0.39, 0.29) is 5.97 Å². The van der Waals surface area contributed by atoms with Crippen LogP contribution in [-0.4, -0.2) is 76.5 Å². The molecular weight excluding hydrogens is 510 g/mol. The lowest BCUT2D eigenvalue weighted by molar-refractivity contribution is -0.0826. The van der Waals surface area contributed by atoms with E-state index in [1.54, 1.807) is 30.4 Å². The number of hydrogen-bond donors (Lipinski definition) is 0. The van der Waals surface area contributed by atoms with Gasteiger partial charge in [0.05, 0.1) is 36.3 Å². The monoisotopic (exact) mass is 545 g/mol. The van der Waals surface area contributed by atoms with Crippen molar-refractivity contribution in [2.75, 3.05) is 37.7 Å². The predicted molar refractivity (Wildman–Crippen MR) is 155 cm³/mol. The lowest BCUT2D eigenvalue weighted by atomic mass is 10.0. The predicted octanol–water partition coefficient (Wildman–Crippen LogP) is 5.38. The molecule has 0 amide bonds. The number of nitrogens with zero attached hydrogens (tertiary/aromatic N) is 5. The number of carbonyl (C=O) groups excluding carboxylic acids is 1. The van der Waals surface area contributed by atoms with E-state index in [2.05, 4.69) is 52.9 Å². The van der Waals surface area contributed by atoms with Crippen LogP contribution in [0.4, 0.5) is 5.69 Å². The zero-order valence-corrected chi connectivity index (χ0v) is 23.6. The van der Waals surface area contributed by atoms with E-state index in [1.807, 2.05) is 22.8 Å². The summed E-state index contributed by atoms with van der Waals surface area (Å²) in [5, 5.41) is 5.81. The summed E-state index contributed by atoms with van der Waals surface area (Å²) in [4.78, 5) is 22.5. The molecule has 4 aromatic rings. The fourth-order valence-corrected chi connectivity index (χ4v) is 6.70. The Morgan fingerprint density at radius 3 is 2.33 bits per heavy atom. The number of anilines is 1. The molecule has 2 aromatic carbocycles. The number of hydrogen-bond acceptors (Lipinski definition) is 8. The van der Waals surface area contributed by atoms with Gasteiger partial charge in [-0.25, -0.2) is 14.3 Å². The van der Waals surface area contributed by atoms with Crippen LogP contribution in [0, 0.1) is 0 Å². The van der Waals surface area contributed by atoms with Crippen molar-refractivity contribution in [3.63, 3.8) is 0 Å². The van der Waals surface area contributed by atoms with Crippen LogP contribution in [-0.2, 0) is 9.47 Å². The van der Waals surface area contributed by atoms with E-state index in [9.17, 15) is 4.79 Å². The molecule has 8 nitrogen and oxygen atoms in total. The second-order valence-corrected chi connectivity index (χ2v) is 11.5. The molecule has 0 bridgehead atoms. The van der Waals surface area contributed by atoms with Gasteiger partial charge >= 0.3 is 5.97 Å². The molecule has 4 heterocycles. The molecule has 0 spiro atoms. The average molecular weight is 546 g/mol. The zero-order chi connectivity index (χ0) is 26.9. The third-order valence-corrected chi connectivity index (χ3v) is 8.66. The van der Waals surface area contributed by atoms with Crippen LogP contribution < -0.4 is 4.90 Å². The first-order valence-electron chi connectivity index (χ1n) is 13.9. The van der Waals surface area contributed by atoms with Crippen LogP contribution in [0.5, 0.6) is 0 Å². The number of morpholine rings is 1. The molecule has 0 saturated carbocycles. The first kappa shape index (κ1) is 26.0. The number of carbonyl (C=O) groups is 1. The Bertz CT molecular complexity index is 1410. The van der Waals surface area contributed by atoms with Gasteiger partial charge in [-0.1, -0.05) is 23.5 Å². The van der Waals surface area contributed by atoms with Gasteiger partial charge in [-0.05, 0) is 70.0 Å². The van der Waals surface area contributed by atoms with Crippen molar-refractivity contribution in [3.8, 4) is 21.8 Å². The number of esters is 1. The summed E-state index contributed by atoms with van der Waals surface area (Å²) in [6.07, 6.45) is 4.84. The standard InChI is InChI=1S/C30H35N5O3S/c1-4-37-29(36)24-7-5-22(6-8-24)27-17-31-30-35(27)32-28(39-30)23-9-11-25(12-10-23)33-15-13-26(14-16-33)34-18-20(2)38-21(3)19-34/h5-12,17,20-21,26H,4,13-16,18-19H2,1-3H3. The van der Waals surface area contributed by atoms with Crippen molar-refractivity contribution in [2.45, 2.75) is 51.9 Å². The van der Waals surface area contributed by atoms with Gasteiger partial charge in [0.1, 0.15) is 5.01 Å². The van der Waals surface area contributed by atoms with Crippen LogP contribution >= 0.6 is 11.3 Å². The van der Waals surface area contributed by atoms with E-state index in [1.165, 1.54) is 18.5 Å². The average Bonchev–Trinajstić information content (AvgIpc) is 3.54. The summed E-state index contributed by atoms with van der Waals surface area (Å²) in [7, 11) is 0. The largest absolute Gasteiger partial charge is 0.462 e. The Hall–Kier alpha value is -3.27. The van der Waals surface area contributed by atoms with E-state index in [0.29, 0.717) is 30.4 Å². The minimum absolute atomic E-state index is 0.312.